The summed E-state index contributed by atoms with van der Waals surface area (Å²) in [5, 5.41) is 4.90. The molecule has 1 amide bonds. The predicted molar refractivity (Wildman–Crippen MR) is 152 cm³/mol. The van der Waals surface area contributed by atoms with Crippen molar-refractivity contribution in [3.63, 3.8) is 0 Å². The van der Waals surface area contributed by atoms with Crippen LogP contribution in [0.4, 0.5) is 0 Å². The maximum Gasteiger partial charge on any atom is 0.267 e. The number of nitrogens with zero attached hydrogens (tertiary/aromatic N) is 1. The topological polar surface area (TPSA) is 64.5 Å². The first-order chi connectivity index (χ1) is 18.7. The lowest BCUT2D eigenvalue weighted by atomic mass is 10.1. The highest BCUT2D eigenvalue weighted by Crippen LogP contribution is 2.29. The fraction of sp³-hybridized carbons (Fsp3) is 0.281. The number of fused-ring (bicyclic) bond motifs is 1. The molecule has 1 atom stereocenters. The number of carbonyl (C=O) groups is 1. The fourth-order valence-electron chi connectivity index (χ4n) is 4.99. The molecule has 0 spiro atoms. The van der Waals surface area contributed by atoms with Crippen molar-refractivity contribution in [2.24, 2.45) is 0 Å². The van der Waals surface area contributed by atoms with E-state index in [9.17, 15) is 4.79 Å². The summed E-state index contributed by atoms with van der Waals surface area (Å²) < 4.78 is 7.80. The van der Waals surface area contributed by atoms with Crippen LogP contribution in [-0.2, 0) is 27.3 Å². The minimum atomic E-state index is -0.348. The van der Waals surface area contributed by atoms with Crippen molar-refractivity contribution in [1.29, 1.82) is 0 Å². The number of nitrogens with one attached hydrogen (secondary N) is 2. The van der Waals surface area contributed by atoms with E-state index in [0.717, 1.165) is 44.3 Å². The van der Waals surface area contributed by atoms with Crippen LogP contribution < -0.4 is 10.8 Å². The molecule has 2 heterocycles. The third kappa shape index (κ3) is 6.40. The van der Waals surface area contributed by atoms with Crippen LogP contribution in [0, 0.1) is 6.92 Å². The smallest absolute Gasteiger partial charge is 0.267 e. The number of rotatable bonds is 10. The van der Waals surface area contributed by atoms with E-state index in [4.69, 9.17) is 9.57 Å². The SMILES string of the molecule is Cc1c(CCNCc2ccc(/C=C/C(=O)NOC3CCCCO3)cc2)c2ccccc2n1-c1ccccc1. The highest BCUT2D eigenvalue weighted by atomic mass is 16.8. The molecule has 3 aromatic carbocycles. The van der Waals surface area contributed by atoms with Crippen LogP contribution in [0.5, 0.6) is 0 Å². The number of ether oxygens (including phenoxy) is 1. The first-order valence-corrected chi connectivity index (χ1v) is 13.4. The molecule has 2 N–H and O–H groups in total. The number of benzene rings is 3. The summed E-state index contributed by atoms with van der Waals surface area (Å²) in [7, 11) is 0. The lowest BCUT2D eigenvalue weighted by molar-refractivity contribution is -0.198. The van der Waals surface area contributed by atoms with Crippen molar-refractivity contribution in [3.05, 3.63) is 107 Å². The van der Waals surface area contributed by atoms with Gasteiger partial charge in [0.25, 0.3) is 5.91 Å². The third-order valence-corrected chi connectivity index (χ3v) is 6.97. The van der Waals surface area contributed by atoms with Crippen LogP contribution >= 0.6 is 0 Å². The molecule has 0 aliphatic carbocycles. The molecule has 1 aliphatic heterocycles. The van der Waals surface area contributed by atoms with Crippen LogP contribution in [0.1, 0.15) is 41.6 Å². The number of hydrogen-bond acceptors (Lipinski definition) is 4. The summed E-state index contributed by atoms with van der Waals surface area (Å²) in [5.41, 5.74) is 9.72. The van der Waals surface area contributed by atoms with E-state index in [1.807, 2.05) is 12.1 Å². The Bertz CT molecular complexity index is 1370. The zero-order chi connectivity index (χ0) is 26.2. The summed E-state index contributed by atoms with van der Waals surface area (Å²) in [4.78, 5) is 17.3. The molecule has 196 valence electrons. The van der Waals surface area contributed by atoms with E-state index in [2.05, 4.69) is 89.0 Å². The van der Waals surface area contributed by atoms with E-state index in [1.165, 1.54) is 39.5 Å². The van der Waals surface area contributed by atoms with Gasteiger partial charge in [-0.25, -0.2) is 10.3 Å². The summed E-state index contributed by atoms with van der Waals surface area (Å²) in [5.74, 6) is -0.297. The normalized spacial score (nSPS) is 15.8. The molecule has 4 aromatic rings. The van der Waals surface area contributed by atoms with Crippen LogP contribution in [0.3, 0.4) is 0 Å². The van der Waals surface area contributed by atoms with Gasteiger partial charge < -0.3 is 14.6 Å². The Morgan fingerprint density at radius 1 is 1.03 bits per heavy atom. The van der Waals surface area contributed by atoms with E-state index >= 15 is 0 Å². The van der Waals surface area contributed by atoms with Gasteiger partial charge in [-0.1, -0.05) is 60.7 Å². The quantitative estimate of drug-likeness (QED) is 0.160. The zero-order valence-electron chi connectivity index (χ0n) is 21.9. The summed E-state index contributed by atoms with van der Waals surface area (Å²) in [6, 6.07) is 27.4. The van der Waals surface area contributed by atoms with E-state index in [1.54, 1.807) is 6.08 Å². The maximum absolute atomic E-state index is 12.0. The molecule has 1 aromatic heterocycles. The Morgan fingerprint density at radius 3 is 2.61 bits per heavy atom. The first kappa shape index (κ1) is 25.9. The molecule has 1 fully saturated rings. The van der Waals surface area contributed by atoms with E-state index in [-0.39, 0.29) is 12.2 Å². The molecule has 6 heteroatoms. The van der Waals surface area contributed by atoms with Crippen molar-refractivity contribution in [1.82, 2.24) is 15.4 Å². The van der Waals surface area contributed by atoms with Crippen molar-refractivity contribution in [3.8, 4) is 5.69 Å². The van der Waals surface area contributed by atoms with Crippen molar-refractivity contribution in [2.45, 2.75) is 45.4 Å². The van der Waals surface area contributed by atoms with Gasteiger partial charge in [-0.05, 0) is 73.7 Å². The molecule has 38 heavy (non-hydrogen) atoms. The molecule has 1 saturated heterocycles. The number of carbonyl (C=O) groups excluding carboxylic acids is 1. The van der Waals surface area contributed by atoms with Gasteiger partial charge in [0.1, 0.15) is 0 Å². The zero-order valence-corrected chi connectivity index (χ0v) is 21.9. The second kappa shape index (κ2) is 12.7. The van der Waals surface area contributed by atoms with Gasteiger partial charge in [0.2, 0.25) is 0 Å². The van der Waals surface area contributed by atoms with Gasteiger partial charge in [0, 0.05) is 42.4 Å². The molecule has 0 radical (unpaired) electrons. The molecule has 1 aliphatic rings. The van der Waals surface area contributed by atoms with Gasteiger partial charge in [-0.2, -0.15) is 0 Å². The maximum atomic E-state index is 12.0. The average Bonchev–Trinajstić information content (AvgIpc) is 3.25. The molecule has 0 saturated carbocycles. The monoisotopic (exact) mass is 509 g/mol. The molecular weight excluding hydrogens is 474 g/mol. The Labute approximate surface area is 224 Å². The fourth-order valence-corrected chi connectivity index (χ4v) is 4.99. The number of para-hydroxylation sites is 2. The second-order valence-corrected chi connectivity index (χ2v) is 9.63. The minimum Gasteiger partial charge on any atom is -0.350 e. The van der Waals surface area contributed by atoms with Crippen LogP contribution in [0.25, 0.3) is 22.7 Å². The summed E-state index contributed by atoms with van der Waals surface area (Å²) >= 11 is 0. The van der Waals surface area contributed by atoms with Gasteiger partial charge >= 0.3 is 0 Å². The highest BCUT2D eigenvalue weighted by molar-refractivity contribution is 5.91. The Balaban J connectivity index is 1.12. The number of hydroxylamine groups is 1. The Morgan fingerprint density at radius 2 is 1.82 bits per heavy atom. The molecule has 6 nitrogen and oxygen atoms in total. The second-order valence-electron chi connectivity index (χ2n) is 9.63. The Kier molecular flexibility index (Phi) is 8.66. The first-order valence-electron chi connectivity index (χ1n) is 13.4. The molecule has 0 bridgehead atoms. The number of hydrogen-bond donors (Lipinski definition) is 2. The standard InChI is InChI=1S/C32H35N3O3/c1-24-28(29-11-5-6-12-30(29)35(24)27-9-3-2-4-10-27)20-21-33-23-26-16-14-25(15-17-26)18-19-31(36)34-38-32-13-7-8-22-37-32/h2-6,9-12,14-19,32-33H,7-8,13,20-23H2,1H3,(H,34,36)/b19-18+. The highest BCUT2D eigenvalue weighted by Gasteiger charge is 2.15. The van der Waals surface area contributed by atoms with Crippen molar-refractivity contribution < 1.29 is 14.4 Å². The van der Waals surface area contributed by atoms with Crippen LogP contribution in [-0.4, -0.2) is 29.9 Å². The lowest BCUT2D eigenvalue weighted by Gasteiger charge is -2.21. The minimum absolute atomic E-state index is 0.297. The van der Waals surface area contributed by atoms with Gasteiger partial charge in [0.15, 0.2) is 6.29 Å². The largest absolute Gasteiger partial charge is 0.350 e. The third-order valence-electron chi connectivity index (χ3n) is 6.97. The van der Waals surface area contributed by atoms with E-state index < -0.39 is 0 Å². The molecular formula is C32H35N3O3. The molecule has 1 unspecified atom stereocenters. The Hall–Kier alpha value is -3.71. The number of amides is 1. The predicted octanol–water partition coefficient (Wildman–Crippen LogP) is 5.86. The molecule has 5 rings (SSSR count). The average molecular weight is 510 g/mol. The van der Waals surface area contributed by atoms with Crippen molar-refractivity contribution in [2.75, 3.05) is 13.2 Å². The van der Waals surface area contributed by atoms with Crippen LogP contribution in [0.15, 0.2) is 84.9 Å². The van der Waals surface area contributed by atoms with Gasteiger partial charge in [0.05, 0.1) is 5.52 Å². The summed E-state index contributed by atoms with van der Waals surface area (Å²) in [6.07, 6.45) is 6.76. The van der Waals surface area contributed by atoms with E-state index in [0.29, 0.717) is 6.61 Å². The van der Waals surface area contributed by atoms with Crippen molar-refractivity contribution >= 4 is 22.9 Å². The lowest BCUT2D eigenvalue weighted by Crippen LogP contribution is -2.32. The van der Waals surface area contributed by atoms with Gasteiger partial charge in [-0.3, -0.25) is 4.79 Å². The van der Waals surface area contributed by atoms with Crippen LogP contribution in [0.2, 0.25) is 0 Å². The number of aromatic nitrogens is 1. The summed E-state index contributed by atoms with van der Waals surface area (Å²) in [6.45, 7) is 4.56. The van der Waals surface area contributed by atoms with Gasteiger partial charge in [-0.15, -0.1) is 0 Å².